The number of hydrogen-bond acceptors (Lipinski definition) is 6. The number of fused-ring (bicyclic) bond motifs is 1. The first-order chi connectivity index (χ1) is 16.4. The Morgan fingerprint density at radius 3 is 2.62 bits per heavy atom. The molecule has 4 heterocycles. The van der Waals surface area contributed by atoms with Gasteiger partial charge in [0, 0.05) is 44.0 Å². The summed E-state index contributed by atoms with van der Waals surface area (Å²) in [5, 5.41) is 11.5. The van der Waals surface area contributed by atoms with Gasteiger partial charge in [-0.15, -0.1) is 0 Å². The van der Waals surface area contributed by atoms with Crippen LogP contribution < -0.4 is 0 Å². The van der Waals surface area contributed by atoms with E-state index in [9.17, 15) is 23.7 Å². The molecule has 1 aromatic carbocycles. The average molecular weight is 465 g/mol. The zero-order valence-corrected chi connectivity index (χ0v) is 18.2. The Morgan fingerprint density at radius 2 is 1.91 bits per heavy atom. The zero-order chi connectivity index (χ0) is 23.8. The SMILES string of the molecule is O=C(Cc1nc(-c2ccc(F)cc2)ccc1[N+](=O)[O-])N1Cc2cc(CN3CC(F)C3)cnc2C1. The Morgan fingerprint density at radius 1 is 1.15 bits per heavy atom. The molecule has 0 saturated carbocycles. The number of alkyl halides is 1. The van der Waals surface area contributed by atoms with Crippen molar-refractivity contribution in [2.24, 2.45) is 0 Å². The van der Waals surface area contributed by atoms with E-state index in [0.29, 0.717) is 44.0 Å². The van der Waals surface area contributed by atoms with Crippen LogP contribution in [0.1, 0.15) is 22.5 Å². The molecule has 0 atom stereocenters. The predicted molar refractivity (Wildman–Crippen MR) is 119 cm³/mol. The number of likely N-dealkylation sites (tertiary alicyclic amines) is 1. The van der Waals surface area contributed by atoms with Gasteiger partial charge in [0.2, 0.25) is 5.91 Å². The van der Waals surface area contributed by atoms with Crippen molar-refractivity contribution in [1.29, 1.82) is 0 Å². The topological polar surface area (TPSA) is 92.5 Å². The van der Waals surface area contributed by atoms with Crippen molar-refractivity contribution in [3.05, 3.63) is 87.1 Å². The lowest BCUT2D eigenvalue weighted by Crippen LogP contribution is -2.47. The maximum atomic E-state index is 13.3. The minimum Gasteiger partial charge on any atom is -0.332 e. The number of nitrogens with zero attached hydrogens (tertiary/aromatic N) is 5. The summed E-state index contributed by atoms with van der Waals surface area (Å²) in [4.78, 5) is 36.4. The molecule has 5 rings (SSSR count). The third kappa shape index (κ3) is 4.49. The van der Waals surface area contributed by atoms with Crippen molar-refractivity contribution in [3.63, 3.8) is 0 Å². The number of hydrogen-bond donors (Lipinski definition) is 0. The number of benzene rings is 1. The second-order valence-electron chi connectivity index (χ2n) is 8.59. The largest absolute Gasteiger partial charge is 0.332 e. The number of pyridine rings is 2. The molecule has 0 radical (unpaired) electrons. The molecule has 0 unspecified atom stereocenters. The van der Waals surface area contributed by atoms with E-state index >= 15 is 0 Å². The van der Waals surface area contributed by atoms with Crippen molar-refractivity contribution < 1.29 is 18.5 Å². The van der Waals surface area contributed by atoms with E-state index in [2.05, 4.69) is 9.97 Å². The molecular weight excluding hydrogens is 444 g/mol. The van der Waals surface area contributed by atoms with Gasteiger partial charge in [0.05, 0.1) is 29.3 Å². The molecule has 1 fully saturated rings. The first kappa shape index (κ1) is 22.0. The molecule has 2 aliphatic heterocycles. The number of carbonyl (C=O) groups excluding carboxylic acids is 1. The van der Waals surface area contributed by atoms with Crippen LogP contribution in [0.4, 0.5) is 14.5 Å². The van der Waals surface area contributed by atoms with Crippen molar-refractivity contribution in [1.82, 2.24) is 19.8 Å². The number of carbonyl (C=O) groups is 1. The maximum absolute atomic E-state index is 13.3. The van der Waals surface area contributed by atoms with Crippen LogP contribution in [-0.4, -0.2) is 49.9 Å². The van der Waals surface area contributed by atoms with E-state index in [1.807, 2.05) is 11.0 Å². The summed E-state index contributed by atoms with van der Waals surface area (Å²) < 4.78 is 26.3. The van der Waals surface area contributed by atoms with Gasteiger partial charge >= 0.3 is 0 Å². The molecule has 1 amide bonds. The van der Waals surface area contributed by atoms with Crippen LogP contribution in [0.2, 0.25) is 0 Å². The normalized spacial score (nSPS) is 15.8. The molecule has 0 aliphatic carbocycles. The number of nitro groups is 1. The Balaban J connectivity index is 1.31. The first-order valence-corrected chi connectivity index (χ1v) is 10.9. The molecular formula is C24H21F2N5O3. The highest BCUT2D eigenvalue weighted by molar-refractivity contribution is 5.80. The first-order valence-electron chi connectivity index (χ1n) is 10.9. The van der Waals surface area contributed by atoms with Crippen LogP contribution in [-0.2, 0) is 30.8 Å². The highest BCUT2D eigenvalue weighted by atomic mass is 19.1. The van der Waals surface area contributed by atoms with E-state index < -0.39 is 16.9 Å². The minimum absolute atomic E-state index is 0.0555. The number of rotatable bonds is 6. The van der Waals surface area contributed by atoms with E-state index in [1.165, 1.54) is 36.4 Å². The number of halogens is 2. The van der Waals surface area contributed by atoms with Crippen LogP contribution in [0.25, 0.3) is 11.3 Å². The third-order valence-corrected chi connectivity index (χ3v) is 6.10. The average Bonchev–Trinajstić information content (AvgIpc) is 3.22. The summed E-state index contributed by atoms with van der Waals surface area (Å²) in [6.45, 7) is 2.12. The predicted octanol–water partition coefficient (Wildman–Crippen LogP) is 3.43. The van der Waals surface area contributed by atoms with Gasteiger partial charge in [-0.3, -0.25) is 24.8 Å². The van der Waals surface area contributed by atoms with E-state index in [0.717, 1.165) is 16.8 Å². The fourth-order valence-corrected chi connectivity index (χ4v) is 4.29. The van der Waals surface area contributed by atoms with Crippen molar-refractivity contribution in [2.45, 2.75) is 32.2 Å². The lowest BCUT2D eigenvalue weighted by molar-refractivity contribution is -0.385. The summed E-state index contributed by atoms with van der Waals surface area (Å²) in [6, 6.07) is 10.4. The van der Waals surface area contributed by atoms with Crippen molar-refractivity contribution in [3.8, 4) is 11.3 Å². The zero-order valence-electron chi connectivity index (χ0n) is 18.2. The number of aromatic nitrogens is 2. The monoisotopic (exact) mass is 465 g/mol. The van der Waals surface area contributed by atoms with Crippen LogP contribution in [0, 0.1) is 15.9 Å². The summed E-state index contributed by atoms with van der Waals surface area (Å²) in [6.07, 6.45) is 0.740. The molecule has 0 N–H and O–H groups in total. The summed E-state index contributed by atoms with van der Waals surface area (Å²) in [7, 11) is 0. The number of amides is 1. The van der Waals surface area contributed by atoms with Gasteiger partial charge in [-0.25, -0.2) is 13.8 Å². The summed E-state index contributed by atoms with van der Waals surface area (Å²) in [5.41, 5.74) is 3.50. The fourth-order valence-electron chi connectivity index (χ4n) is 4.29. The van der Waals surface area contributed by atoms with E-state index in [4.69, 9.17) is 0 Å². The quantitative estimate of drug-likeness (QED) is 0.409. The fraction of sp³-hybridized carbons (Fsp3) is 0.292. The lowest BCUT2D eigenvalue weighted by Gasteiger charge is -2.34. The Bertz CT molecular complexity index is 1260. The van der Waals surface area contributed by atoms with E-state index in [1.54, 1.807) is 11.1 Å². The van der Waals surface area contributed by atoms with Crippen molar-refractivity contribution in [2.75, 3.05) is 13.1 Å². The Hall–Kier alpha value is -3.79. The van der Waals surface area contributed by atoms with Gasteiger partial charge < -0.3 is 4.90 Å². The smallest absolute Gasteiger partial charge is 0.291 e. The molecule has 0 bridgehead atoms. The Labute approximate surface area is 194 Å². The van der Waals surface area contributed by atoms with Gasteiger partial charge in [-0.2, -0.15) is 0 Å². The van der Waals surface area contributed by atoms with Gasteiger partial charge in [0.15, 0.2) is 0 Å². The van der Waals surface area contributed by atoms with Crippen LogP contribution >= 0.6 is 0 Å². The van der Waals surface area contributed by atoms with Crippen molar-refractivity contribution >= 4 is 11.6 Å². The van der Waals surface area contributed by atoms with Crippen LogP contribution in [0.3, 0.4) is 0 Å². The molecule has 174 valence electrons. The van der Waals surface area contributed by atoms with Gasteiger partial charge in [0.1, 0.15) is 17.7 Å². The molecule has 2 aromatic heterocycles. The summed E-state index contributed by atoms with van der Waals surface area (Å²) >= 11 is 0. The highest BCUT2D eigenvalue weighted by Gasteiger charge is 2.29. The lowest BCUT2D eigenvalue weighted by atomic mass is 10.1. The molecule has 1 saturated heterocycles. The van der Waals surface area contributed by atoms with Gasteiger partial charge in [-0.05, 0) is 47.5 Å². The Kier molecular flexibility index (Phi) is 5.74. The molecule has 2 aliphatic rings. The van der Waals surface area contributed by atoms with Crippen LogP contribution in [0.5, 0.6) is 0 Å². The molecule has 34 heavy (non-hydrogen) atoms. The highest BCUT2D eigenvalue weighted by Crippen LogP contribution is 2.27. The van der Waals surface area contributed by atoms with Crippen LogP contribution in [0.15, 0.2) is 48.7 Å². The molecule has 10 heteroatoms. The standard InChI is InChI=1S/C24H21F2N5O3/c25-18-3-1-16(2-4-18)20-5-6-23(31(33)34)21(28-20)8-24(32)30-11-17-7-15(9-27-22(17)14-30)10-29-12-19(26)13-29/h1-7,9,19H,8,10-14H2. The summed E-state index contributed by atoms with van der Waals surface area (Å²) in [5.74, 6) is -0.697. The minimum atomic E-state index is -0.769. The van der Waals surface area contributed by atoms with Gasteiger partial charge in [-0.1, -0.05) is 0 Å². The maximum Gasteiger partial charge on any atom is 0.291 e. The third-order valence-electron chi connectivity index (χ3n) is 6.10. The van der Waals surface area contributed by atoms with E-state index in [-0.39, 0.29) is 23.7 Å². The van der Waals surface area contributed by atoms with Gasteiger partial charge in [0.25, 0.3) is 5.69 Å². The molecule has 0 spiro atoms. The second kappa shape index (κ2) is 8.86. The second-order valence-corrected chi connectivity index (χ2v) is 8.59. The molecule has 8 nitrogen and oxygen atoms in total. The molecule has 3 aromatic rings.